The van der Waals surface area contributed by atoms with E-state index < -0.39 is 36.6 Å². The molecule has 9 heteroatoms. The summed E-state index contributed by atoms with van der Waals surface area (Å²) in [5.74, 6) is -3.84. The number of rotatable bonds is 8. The van der Waals surface area contributed by atoms with Crippen LogP contribution in [-0.2, 0) is 19.1 Å². The lowest BCUT2D eigenvalue weighted by Gasteiger charge is -2.12. The second-order valence-corrected chi connectivity index (χ2v) is 4.48. The number of carboxylic acid groups (broad SMARTS) is 2. The van der Waals surface area contributed by atoms with Gasteiger partial charge in [0.25, 0.3) is 0 Å². The first-order valence-electron chi connectivity index (χ1n) is 7.05. The number of aromatic carboxylic acids is 1. The topological polar surface area (TPSA) is 147 Å². The molecule has 0 fully saturated rings. The van der Waals surface area contributed by atoms with Crippen LogP contribution in [-0.4, -0.2) is 58.5 Å². The number of aliphatic hydroxyl groups is 1. The van der Waals surface area contributed by atoms with Gasteiger partial charge >= 0.3 is 23.9 Å². The van der Waals surface area contributed by atoms with E-state index in [2.05, 4.69) is 17.9 Å². The zero-order valence-corrected chi connectivity index (χ0v) is 13.7. The molecule has 3 N–H and O–H groups in total. The maximum absolute atomic E-state index is 11.7. The summed E-state index contributed by atoms with van der Waals surface area (Å²) in [6, 6.07) is 5.53. The van der Waals surface area contributed by atoms with Gasteiger partial charge in [-0.15, -0.1) is 0 Å². The highest BCUT2D eigenvalue weighted by Crippen LogP contribution is 2.10. The molecule has 0 aromatic heterocycles. The Morgan fingerprint density at radius 1 is 0.962 bits per heavy atom. The molecule has 0 saturated carbocycles. The lowest BCUT2D eigenvalue weighted by Crippen LogP contribution is -2.25. The normalized spacial score (nSPS) is 10.3. The SMILES string of the molecule is C=CC(=O)O.C=CC(=O)OCC(O)COC(=O)c1ccccc1C(=O)O. The smallest absolute Gasteiger partial charge is 0.339 e. The molecule has 1 aromatic carbocycles. The number of carbonyl (C=O) groups excluding carboxylic acids is 2. The van der Waals surface area contributed by atoms with E-state index in [0.29, 0.717) is 0 Å². The second kappa shape index (κ2) is 12.0. The summed E-state index contributed by atoms with van der Waals surface area (Å²) >= 11 is 0. The average molecular weight is 366 g/mol. The van der Waals surface area contributed by atoms with Crippen molar-refractivity contribution >= 4 is 23.9 Å². The van der Waals surface area contributed by atoms with Crippen LogP contribution in [0.5, 0.6) is 0 Å². The highest BCUT2D eigenvalue weighted by atomic mass is 16.6. The maximum Gasteiger partial charge on any atom is 0.339 e. The van der Waals surface area contributed by atoms with Crippen LogP contribution >= 0.6 is 0 Å². The average Bonchev–Trinajstić information content (AvgIpc) is 2.64. The monoisotopic (exact) mass is 366 g/mol. The first kappa shape index (κ1) is 22.5. The standard InChI is InChI=1S/C14H14O7.C3H4O2/c1-2-12(16)20-7-9(15)8-21-14(19)11-6-4-3-5-10(11)13(17)18;1-2-3(4)5/h2-6,9,15H,1,7-8H2,(H,17,18);2H,1H2,(H,4,5). The summed E-state index contributed by atoms with van der Waals surface area (Å²) in [5, 5.41) is 26.0. The molecular weight excluding hydrogens is 348 g/mol. The van der Waals surface area contributed by atoms with Gasteiger partial charge in [0.1, 0.15) is 19.3 Å². The van der Waals surface area contributed by atoms with E-state index in [1.54, 1.807) is 0 Å². The van der Waals surface area contributed by atoms with Crippen LogP contribution in [0, 0.1) is 0 Å². The van der Waals surface area contributed by atoms with E-state index in [-0.39, 0.29) is 17.7 Å². The number of aliphatic hydroxyl groups excluding tert-OH is 1. The molecule has 0 amide bonds. The number of ether oxygens (including phenoxy) is 2. The molecule has 0 saturated heterocycles. The van der Waals surface area contributed by atoms with Gasteiger partial charge in [0.2, 0.25) is 0 Å². The molecule has 0 radical (unpaired) electrons. The van der Waals surface area contributed by atoms with E-state index in [4.69, 9.17) is 14.9 Å². The molecule has 9 nitrogen and oxygen atoms in total. The molecule has 0 bridgehead atoms. The van der Waals surface area contributed by atoms with Crippen LogP contribution in [0.3, 0.4) is 0 Å². The zero-order chi connectivity index (χ0) is 20.1. The summed E-state index contributed by atoms with van der Waals surface area (Å²) in [6.07, 6.45) is 0.553. The summed E-state index contributed by atoms with van der Waals surface area (Å²) in [5.41, 5.74) is -0.324. The van der Waals surface area contributed by atoms with Crippen LogP contribution in [0.25, 0.3) is 0 Å². The minimum atomic E-state index is -1.26. The minimum absolute atomic E-state index is 0.125. The number of aliphatic carboxylic acids is 1. The van der Waals surface area contributed by atoms with Crippen molar-refractivity contribution in [2.45, 2.75) is 6.10 Å². The summed E-state index contributed by atoms with van der Waals surface area (Å²) in [6.45, 7) is 5.35. The number of carbonyl (C=O) groups is 4. The third-order valence-electron chi connectivity index (χ3n) is 2.54. The molecule has 0 aliphatic rings. The van der Waals surface area contributed by atoms with E-state index in [0.717, 1.165) is 12.2 Å². The van der Waals surface area contributed by atoms with Crippen molar-refractivity contribution in [3.63, 3.8) is 0 Å². The predicted molar refractivity (Wildman–Crippen MR) is 88.7 cm³/mol. The first-order valence-corrected chi connectivity index (χ1v) is 7.05. The summed E-state index contributed by atoms with van der Waals surface area (Å²) in [7, 11) is 0. The fourth-order valence-corrected chi connectivity index (χ4v) is 1.38. The second-order valence-electron chi connectivity index (χ2n) is 4.48. The molecule has 140 valence electrons. The Hall–Kier alpha value is -3.46. The van der Waals surface area contributed by atoms with Gasteiger partial charge in [0.15, 0.2) is 0 Å². The maximum atomic E-state index is 11.7. The Morgan fingerprint density at radius 2 is 1.46 bits per heavy atom. The van der Waals surface area contributed by atoms with Crippen LogP contribution < -0.4 is 0 Å². The molecule has 1 rings (SSSR count). The third kappa shape index (κ3) is 8.99. The Morgan fingerprint density at radius 3 is 1.92 bits per heavy atom. The zero-order valence-electron chi connectivity index (χ0n) is 13.7. The predicted octanol–water partition coefficient (Wildman–Crippen LogP) is 0.889. The lowest BCUT2D eigenvalue weighted by atomic mass is 10.1. The quantitative estimate of drug-likeness (QED) is 0.450. The van der Waals surface area contributed by atoms with Crippen LogP contribution in [0.15, 0.2) is 49.6 Å². The van der Waals surface area contributed by atoms with Gasteiger partial charge in [-0.25, -0.2) is 19.2 Å². The highest BCUT2D eigenvalue weighted by molar-refractivity contribution is 6.02. The van der Waals surface area contributed by atoms with Crippen molar-refractivity contribution in [2.75, 3.05) is 13.2 Å². The first-order chi connectivity index (χ1) is 12.2. The van der Waals surface area contributed by atoms with Crippen LogP contribution in [0.1, 0.15) is 20.7 Å². The molecule has 1 aromatic rings. The largest absolute Gasteiger partial charge is 0.478 e. The van der Waals surface area contributed by atoms with Gasteiger partial charge < -0.3 is 24.8 Å². The number of esters is 2. The number of benzene rings is 1. The molecule has 0 heterocycles. The fraction of sp³-hybridized carbons (Fsp3) is 0.176. The fourth-order valence-electron chi connectivity index (χ4n) is 1.38. The van der Waals surface area contributed by atoms with Crippen LogP contribution in [0.4, 0.5) is 0 Å². The van der Waals surface area contributed by atoms with Crippen LogP contribution in [0.2, 0.25) is 0 Å². The number of hydrogen-bond acceptors (Lipinski definition) is 7. The molecular formula is C17H18O9. The molecule has 1 unspecified atom stereocenters. The molecule has 0 spiro atoms. The Kier molecular flexibility index (Phi) is 10.4. The van der Waals surface area contributed by atoms with E-state index in [1.165, 1.54) is 24.3 Å². The van der Waals surface area contributed by atoms with Gasteiger partial charge in [0, 0.05) is 12.2 Å². The summed E-state index contributed by atoms with van der Waals surface area (Å²) in [4.78, 5) is 42.7. The Labute approximate surface area is 148 Å². The van der Waals surface area contributed by atoms with Gasteiger partial charge in [-0.2, -0.15) is 0 Å². The van der Waals surface area contributed by atoms with Gasteiger partial charge in [-0.3, -0.25) is 0 Å². The Balaban J connectivity index is 0.00000110. The van der Waals surface area contributed by atoms with Crippen molar-refractivity contribution in [1.29, 1.82) is 0 Å². The summed E-state index contributed by atoms with van der Waals surface area (Å²) < 4.78 is 9.34. The minimum Gasteiger partial charge on any atom is -0.478 e. The van der Waals surface area contributed by atoms with Crippen molar-refractivity contribution in [2.24, 2.45) is 0 Å². The van der Waals surface area contributed by atoms with Gasteiger partial charge in [-0.1, -0.05) is 25.3 Å². The van der Waals surface area contributed by atoms with Crippen molar-refractivity contribution < 1.29 is 44.0 Å². The highest BCUT2D eigenvalue weighted by Gasteiger charge is 2.18. The van der Waals surface area contributed by atoms with Crippen molar-refractivity contribution in [1.82, 2.24) is 0 Å². The molecule has 0 aliphatic carbocycles. The molecule has 26 heavy (non-hydrogen) atoms. The van der Waals surface area contributed by atoms with Crippen molar-refractivity contribution in [3.05, 3.63) is 60.7 Å². The molecule has 0 aliphatic heterocycles. The van der Waals surface area contributed by atoms with E-state index >= 15 is 0 Å². The van der Waals surface area contributed by atoms with Gasteiger partial charge in [-0.05, 0) is 12.1 Å². The third-order valence-corrected chi connectivity index (χ3v) is 2.54. The number of hydrogen-bond donors (Lipinski definition) is 3. The van der Waals surface area contributed by atoms with E-state index in [9.17, 15) is 24.3 Å². The molecule has 1 atom stereocenters. The lowest BCUT2D eigenvalue weighted by molar-refractivity contribution is -0.141. The van der Waals surface area contributed by atoms with Gasteiger partial charge in [0.05, 0.1) is 11.1 Å². The Bertz CT molecular complexity index is 679. The number of carboxylic acids is 2. The van der Waals surface area contributed by atoms with Crippen molar-refractivity contribution in [3.8, 4) is 0 Å². The van der Waals surface area contributed by atoms with E-state index in [1.807, 2.05) is 0 Å².